The summed E-state index contributed by atoms with van der Waals surface area (Å²) in [6.07, 6.45) is 14.5. The minimum absolute atomic E-state index is 0.211. The Morgan fingerprint density at radius 2 is 1.68 bits per heavy atom. The summed E-state index contributed by atoms with van der Waals surface area (Å²) in [6.45, 7) is 8.68. The molecule has 1 aromatic carbocycles. The van der Waals surface area contributed by atoms with Gasteiger partial charge >= 0.3 is 7.60 Å². The van der Waals surface area contributed by atoms with Gasteiger partial charge in [-0.2, -0.15) is 0 Å². The van der Waals surface area contributed by atoms with Gasteiger partial charge in [-0.25, -0.2) is 4.99 Å². The number of fused-ring (bicyclic) bond motifs is 6. The van der Waals surface area contributed by atoms with Gasteiger partial charge in [-0.15, -0.1) is 0 Å². The van der Waals surface area contributed by atoms with Crippen molar-refractivity contribution in [2.24, 2.45) is 16.8 Å². The summed E-state index contributed by atoms with van der Waals surface area (Å²) in [6, 6.07) is 10.0. The zero-order valence-corrected chi connectivity index (χ0v) is 25.8. The van der Waals surface area contributed by atoms with Crippen LogP contribution in [0.2, 0.25) is 0 Å². The second-order valence-corrected chi connectivity index (χ2v) is 14.7. The van der Waals surface area contributed by atoms with Crippen molar-refractivity contribution in [3.05, 3.63) is 48.3 Å². The molecule has 2 saturated heterocycles. The monoisotopic (exact) mass is 581 g/mol. The van der Waals surface area contributed by atoms with Gasteiger partial charge in [-0.05, 0) is 95.3 Å². The molecule has 0 amide bonds. The molecule has 8 heteroatoms. The van der Waals surface area contributed by atoms with Crippen molar-refractivity contribution >= 4 is 24.7 Å². The lowest BCUT2D eigenvalue weighted by Gasteiger charge is -2.55. The topological polar surface area (TPSA) is 74.6 Å². The third kappa shape index (κ3) is 6.03. The normalized spacial score (nSPS) is 34.3. The number of aliphatic hydroxyl groups excluding tert-OH is 1. The van der Waals surface area contributed by atoms with E-state index in [0.29, 0.717) is 29.8 Å². The zero-order chi connectivity index (χ0) is 28.6. The van der Waals surface area contributed by atoms with Gasteiger partial charge in [-0.3, -0.25) is 9.46 Å². The number of benzene rings is 1. The van der Waals surface area contributed by atoms with Crippen molar-refractivity contribution in [3.63, 3.8) is 0 Å². The van der Waals surface area contributed by atoms with Crippen molar-refractivity contribution < 1.29 is 18.7 Å². The van der Waals surface area contributed by atoms with E-state index in [-0.39, 0.29) is 19.3 Å². The minimum Gasteiger partial charge on any atom is -0.368 e. The van der Waals surface area contributed by atoms with Gasteiger partial charge in [-0.1, -0.05) is 43.5 Å². The molecule has 6 rings (SSSR count). The number of allylic oxidation sites excluding steroid dienone is 1. The van der Waals surface area contributed by atoms with Crippen LogP contribution in [0.25, 0.3) is 0 Å². The molecule has 7 atom stereocenters. The van der Waals surface area contributed by atoms with Crippen LogP contribution in [0.5, 0.6) is 0 Å². The molecule has 1 aromatic rings. The van der Waals surface area contributed by atoms with E-state index in [2.05, 4.69) is 22.4 Å². The van der Waals surface area contributed by atoms with Crippen LogP contribution in [-0.2, 0) is 13.6 Å². The summed E-state index contributed by atoms with van der Waals surface area (Å²) in [5, 5.41) is 11.8. The highest BCUT2D eigenvalue weighted by Gasteiger charge is 2.47. The highest BCUT2D eigenvalue weighted by molar-refractivity contribution is 7.57. The number of hydrogen-bond donors (Lipinski definition) is 1. The summed E-state index contributed by atoms with van der Waals surface area (Å²) in [5.41, 5.74) is 3.81. The van der Waals surface area contributed by atoms with E-state index < -0.39 is 13.8 Å². The predicted molar refractivity (Wildman–Crippen MR) is 166 cm³/mol. The van der Waals surface area contributed by atoms with Gasteiger partial charge in [0.1, 0.15) is 0 Å². The van der Waals surface area contributed by atoms with Crippen LogP contribution in [0.15, 0.2) is 53.3 Å². The fourth-order valence-electron chi connectivity index (χ4n) is 8.67. The highest BCUT2D eigenvalue weighted by atomic mass is 31.2. The molecule has 0 spiro atoms. The summed E-state index contributed by atoms with van der Waals surface area (Å²) in [5.74, 6) is 2.95. The average Bonchev–Trinajstić information content (AvgIpc) is 3.20. The fraction of sp³-hybridized carbons (Fsp3) is 0.667. The van der Waals surface area contributed by atoms with E-state index >= 15 is 0 Å². The number of anilines is 1. The molecule has 3 aliphatic heterocycles. The lowest BCUT2D eigenvalue weighted by Crippen LogP contribution is -2.62. The Hall–Kier alpha value is -1.76. The summed E-state index contributed by atoms with van der Waals surface area (Å²) >= 11 is 0. The number of aliphatic hydroxyl groups is 1. The van der Waals surface area contributed by atoms with Gasteiger partial charge in [0.2, 0.25) is 0 Å². The third-order valence-corrected chi connectivity index (χ3v) is 12.0. The molecule has 2 aliphatic carbocycles. The first kappa shape index (κ1) is 29.3. The Labute approximate surface area is 246 Å². The number of rotatable bonds is 8. The molecule has 41 heavy (non-hydrogen) atoms. The van der Waals surface area contributed by atoms with Gasteiger partial charge in [0, 0.05) is 30.0 Å². The standard InChI is InChI=1S/C33H48N3O4P/c1-4-39-41(38,40-5-2)17-16-31-33(37)36(32-15-7-6-14-30(32)34-31)29-21-26-12-9-13-27(22-29)35(26)28-19-24-10-8-11-25(20-28)23(3)18-24/h6-7,14-17,24-29,33,37H,3-5,8-13,18-22H2,1-2H3/b17-16+/t24-,25-,26-,27+,28+,29?,33?/m0/s1. The lowest BCUT2D eigenvalue weighted by molar-refractivity contribution is -0.0234. The van der Waals surface area contributed by atoms with Gasteiger partial charge < -0.3 is 19.1 Å². The largest absolute Gasteiger partial charge is 0.368 e. The van der Waals surface area contributed by atoms with E-state index in [1.807, 2.05) is 18.2 Å². The van der Waals surface area contributed by atoms with Gasteiger partial charge in [0.05, 0.1) is 30.3 Å². The Balaban J connectivity index is 1.25. The summed E-state index contributed by atoms with van der Waals surface area (Å²) in [7, 11) is -3.41. The van der Waals surface area contributed by atoms with Crippen LogP contribution in [-0.4, -0.2) is 59.3 Å². The fourth-order valence-corrected chi connectivity index (χ4v) is 9.97. The first-order valence-electron chi connectivity index (χ1n) is 16.1. The van der Waals surface area contributed by atoms with Crippen LogP contribution in [0.3, 0.4) is 0 Å². The molecule has 5 aliphatic rings. The number of aliphatic imine (C=N–C) groups is 1. The Morgan fingerprint density at radius 3 is 2.41 bits per heavy atom. The second-order valence-electron chi connectivity index (χ2n) is 12.8. The third-order valence-electron chi connectivity index (χ3n) is 10.3. The number of para-hydroxylation sites is 2. The maximum absolute atomic E-state index is 13.1. The van der Waals surface area contributed by atoms with Crippen LogP contribution in [0.4, 0.5) is 11.4 Å². The SMILES string of the molecule is C=C1C[C@@H]2CCC[C@H]1C[C@H](N1[C@@H]3CCC[C@H]1CC(N1c4ccccc4N=C(/C=C/P(=O)(OCC)OCC)C1O)C3)C2. The first-order valence-corrected chi connectivity index (χ1v) is 17.7. The second kappa shape index (κ2) is 12.5. The zero-order valence-electron chi connectivity index (χ0n) is 24.9. The van der Waals surface area contributed by atoms with Crippen molar-refractivity contribution in [3.8, 4) is 0 Å². The molecule has 4 bridgehead atoms. The van der Waals surface area contributed by atoms with Crippen molar-refractivity contribution in [2.45, 2.75) is 115 Å². The maximum Gasteiger partial charge on any atom is 0.354 e. The number of piperidine rings is 2. The smallest absolute Gasteiger partial charge is 0.354 e. The van der Waals surface area contributed by atoms with Crippen molar-refractivity contribution in [1.82, 2.24) is 4.90 Å². The predicted octanol–water partition coefficient (Wildman–Crippen LogP) is 7.59. The van der Waals surface area contributed by atoms with Gasteiger partial charge in [0.25, 0.3) is 0 Å². The quantitative estimate of drug-likeness (QED) is 0.252. The van der Waals surface area contributed by atoms with Crippen LogP contribution >= 0.6 is 7.60 Å². The Morgan fingerprint density at radius 1 is 0.976 bits per heavy atom. The molecule has 0 radical (unpaired) electrons. The molecule has 4 fully saturated rings. The average molecular weight is 582 g/mol. The van der Waals surface area contributed by atoms with Crippen LogP contribution in [0.1, 0.15) is 84.5 Å². The molecule has 0 aromatic heterocycles. The van der Waals surface area contributed by atoms with Gasteiger partial charge in [0.15, 0.2) is 6.23 Å². The van der Waals surface area contributed by atoms with E-state index in [4.69, 9.17) is 14.0 Å². The summed E-state index contributed by atoms with van der Waals surface area (Å²) in [4.78, 5) is 9.93. The molecule has 2 saturated carbocycles. The first-order chi connectivity index (χ1) is 19.9. The minimum atomic E-state index is -3.41. The molecule has 3 heterocycles. The van der Waals surface area contributed by atoms with Crippen molar-refractivity contribution in [1.29, 1.82) is 0 Å². The Kier molecular flexibility index (Phi) is 8.91. The van der Waals surface area contributed by atoms with Crippen molar-refractivity contribution in [2.75, 3.05) is 18.1 Å². The van der Waals surface area contributed by atoms with E-state index in [1.54, 1.807) is 19.9 Å². The number of hydrogen-bond acceptors (Lipinski definition) is 7. The van der Waals surface area contributed by atoms with Crippen LogP contribution in [0, 0.1) is 11.8 Å². The Bertz CT molecular complexity index is 1190. The van der Waals surface area contributed by atoms with E-state index in [1.165, 1.54) is 69.2 Å². The maximum atomic E-state index is 13.1. The van der Waals surface area contributed by atoms with E-state index in [9.17, 15) is 9.67 Å². The van der Waals surface area contributed by atoms with Crippen LogP contribution < -0.4 is 4.90 Å². The number of nitrogens with zero attached hydrogens (tertiary/aromatic N) is 3. The molecule has 224 valence electrons. The highest BCUT2D eigenvalue weighted by Crippen LogP contribution is 2.51. The molecule has 7 nitrogen and oxygen atoms in total. The molecule has 1 N–H and O–H groups in total. The lowest BCUT2D eigenvalue weighted by atomic mass is 9.77. The summed E-state index contributed by atoms with van der Waals surface area (Å²) < 4.78 is 24.0. The molecule has 2 unspecified atom stereocenters. The molecular formula is C33H48N3O4P. The van der Waals surface area contributed by atoms with E-state index in [0.717, 1.165) is 30.1 Å². The molecular weight excluding hydrogens is 533 g/mol.